The minimum Gasteiger partial charge on any atom is -0.506 e. The van der Waals surface area contributed by atoms with Gasteiger partial charge in [-0.3, -0.25) is 14.7 Å². The van der Waals surface area contributed by atoms with Crippen LogP contribution >= 0.6 is 23.2 Å². The van der Waals surface area contributed by atoms with E-state index in [2.05, 4.69) is 9.88 Å². The van der Waals surface area contributed by atoms with Crippen LogP contribution < -0.4 is 0 Å². The molecule has 1 saturated heterocycles. The van der Waals surface area contributed by atoms with Gasteiger partial charge in [0.05, 0.1) is 21.2 Å². The number of phenols is 1. The molecule has 1 amide bonds. The molecule has 2 heterocycles. The predicted molar refractivity (Wildman–Crippen MR) is 148 cm³/mol. The number of sulfone groups is 1. The minimum atomic E-state index is -3.63. The molecule has 4 aromatic rings. The molecule has 0 atom stereocenters. The van der Waals surface area contributed by atoms with Crippen molar-refractivity contribution in [1.82, 2.24) is 14.8 Å². The molecule has 7 nitrogen and oxygen atoms in total. The van der Waals surface area contributed by atoms with Gasteiger partial charge in [-0.25, -0.2) is 8.42 Å². The number of aromatic hydroxyl groups is 1. The zero-order valence-corrected chi connectivity index (χ0v) is 22.7. The van der Waals surface area contributed by atoms with Gasteiger partial charge in [0.1, 0.15) is 5.75 Å². The molecule has 1 aliphatic heterocycles. The molecule has 0 saturated carbocycles. The van der Waals surface area contributed by atoms with Crippen LogP contribution in [0.3, 0.4) is 0 Å². The van der Waals surface area contributed by atoms with Crippen molar-refractivity contribution in [2.24, 2.45) is 0 Å². The number of piperazine rings is 1. The van der Waals surface area contributed by atoms with Crippen molar-refractivity contribution in [1.29, 1.82) is 0 Å². The summed E-state index contributed by atoms with van der Waals surface area (Å²) >= 11 is 12.1. The van der Waals surface area contributed by atoms with E-state index in [4.69, 9.17) is 23.2 Å². The van der Waals surface area contributed by atoms with Crippen molar-refractivity contribution in [3.05, 3.63) is 99.7 Å². The van der Waals surface area contributed by atoms with Gasteiger partial charge in [-0.1, -0.05) is 53.5 Å². The molecule has 1 aromatic heterocycles. The predicted octanol–water partition coefficient (Wildman–Crippen LogP) is 5.18. The first kappa shape index (κ1) is 26.4. The van der Waals surface area contributed by atoms with Gasteiger partial charge < -0.3 is 10.0 Å². The summed E-state index contributed by atoms with van der Waals surface area (Å²) in [5.74, 6) is -0.268. The summed E-state index contributed by atoms with van der Waals surface area (Å²) in [6.45, 7) is 2.79. The number of pyridine rings is 1. The summed E-state index contributed by atoms with van der Waals surface area (Å²) in [7, 11) is -3.63. The highest BCUT2D eigenvalue weighted by molar-refractivity contribution is 7.90. The number of hydrogen-bond donors (Lipinski definition) is 1. The molecule has 0 bridgehead atoms. The number of hydrogen-bond acceptors (Lipinski definition) is 6. The lowest BCUT2D eigenvalue weighted by atomic mass is 10.1. The molecule has 0 aliphatic carbocycles. The van der Waals surface area contributed by atoms with Crippen molar-refractivity contribution >= 4 is 49.8 Å². The van der Waals surface area contributed by atoms with Crippen LogP contribution in [-0.2, 0) is 22.1 Å². The third kappa shape index (κ3) is 5.63. The second-order valence-corrected chi connectivity index (χ2v) is 12.1. The molecule has 3 aromatic carbocycles. The number of carbonyl (C=O) groups is 1. The summed E-state index contributed by atoms with van der Waals surface area (Å²) in [5.41, 5.74) is 2.20. The summed E-state index contributed by atoms with van der Waals surface area (Å²) in [5, 5.41) is 11.7. The van der Waals surface area contributed by atoms with Crippen molar-refractivity contribution in [2.75, 3.05) is 26.2 Å². The molecule has 1 N–H and O–H groups in total. The maximum atomic E-state index is 13.2. The number of nitrogens with zero attached hydrogens (tertiary/aromatic N) is 3. The number of benzene rings is 3. The van der Waals surface area contributed by atoms with Crippen LogP contribution in [0.25, 0.3) is 10.9 Å². The highest BCUT2D eigenvalue weighted by Gasteiger charge is 2.24. The van der Waals surface area contributed by atoms with E-state index < -0.39 is 9.84 Å². The number of para-hydroxylation sites is 1. The molecule has 5 rings (SSSR count). The van der Waals surface area contributed by atoms with Crippen molar-refractivity contribution in [3.63, 3.8) is 0 Å². The third-order valence-electron chi connectivity index (χ3n) is 6.65. The molecule has 1 aliphatic rings. The second kappa shape index (κ2) is 10.9. The fourth-order valence-electron chi connectivity index (χ4n) is 4.64. The van der Waals surface area contributed by atoms with E-state index >= 15 is 0 Å². The van der Waals surface area contributed by atoms with Gasteiger partial charge in [0.25, 0.3) is 5.91 Å². The Labute approximate surface area is 231 Å². The zero-order chi connectivity index (χ0) is 26.9. The maximum absolute atomic E-state index is 13.2. The summed E-state index contributed by atoms with van der Waals surface area (Å²) < 4.78 is 26.3. The van der Waals surface area contributed by atoms with Crippen LogP contribution in [0.5, 0.6) is 5.75 Å². The number of fused-ring (bicyclic) bond motifs is 1. The smallest absolute Gasteiger partial charge is 0.253 e. The normalized spacial score (nSPS) is 14.6. The topological polar surface area (TPSA) is 90.8 Å². The average Bonchev–Trinajstić information content (AvgIpc) is 2.91. The van der Waals surface area contributed by atoms with Gasteiger partial charge >= 0.3 is 0 Å². The molecule has 0 unspecified atom stereocenters. The Kier molecular flexibility index (Phi) is 7.59. The fourth-order valence-corrected chi connectivity index (χ4v) is 6.71. The van der Waals surface area contributed by atoms with Gasteiger partial charge in [-0.2, -0.15) is 0 Å². The highest BCUT2D eigenvalue weighted by atomic mass is 35.5. The Hall–Kier alpha value is -3.17. The average molecular weight is 570 g/mol. The number of phenolic OH excluding ortho intramolecular Hbond substituents is 1. The van der Waals surface area contributed by atoms with E-state index in [0.29, 0.717) is 60.0 Å². The summed E-state index contributed by atoms with van der Waals surface area (Å²) in [6, 6.07) is 18.6. The lowest BCUT2D eigenvalue weighted by Crippen LogP contribution is -2.48. The number of amides is 1. The number of carbonyl (C=O) groups excluding carboxylic acids is 1. The van der Waals surface area contributed by atoms with Gasteiger partial charge in [0.15, 0.2) is 9.84 Å². The van der Waals surface area contributed by atoms with E-state index in [-0.39, 0.29) is 27.3 Å². The van der Waals surface area contributed by atoms with Crippen LogP contribution in [-0.4, -0.2) is 60.4 Å². The molecule has 38 heavy (non-hydrogen) atoms. The van der Waals surface area contributed by atoms with Crippen molar-refractivity contribution in [3.8, 4) is 5.75 Å². The Morgan fingerprint density at radius 2 is 1.66 bits per heavy atom. The zero-order valence-electron chi connectivity index (χ0n) is 20.3. The monoisotopic (exact) mass is 569 g/mol. The summed E-state index contributed by atoms with van der Waals surface area (Å²) in [4.78, 5) is 21.4. The molecule has 1 fully saturated rings. The molecular weight excluding hydrogens is 545 g/mol. The quantitative estimate of drug-likeness (QED) is 0.344. The molecule has 0 spiro atoms. The lowest BCUT2D eigenvalue weighted by molar-refractivity contribution is 0.0627. The second-order valence-electron chi connectivity index (χ2n) is 9.25. The Bertz CT molecular complexity index is 1600. The first-order valence-corrected chi connectivity index (χ1v) is 14.5. The maximum Gasteiger partial charge on any atom is 0.253 e. The molecule has 196 valence electrons. The highest BCUT2D eigenvalue weighted by Crippen LogP contribution is 2.32. The van der Waals surface area contributed by atoms with Crippen molar-refractivity contribution < 1.29 is 18.3 Å². The Morgan fingerprint density at radius 1 is 0.947 bits per heavy atom. The van der Waals surface area contributed by atoms with E-state index in [1.54, 1.807) is 59.6 Å². The Morgan fingerprint density at radius 3 is 2.39 bits per heavy atom. The van der Waals surface area contributed by atoms with Gasteiger partial charge in [-0.15, -0.1) is 0 Å². The molecule has 0 radical (unpaired) electrons. The van der Waals surface area contributed by atoms with Gasteiger partial charge in [0.2, 0.25) is 0 Å². The number of aromatic nitrogens is 1. The van der Waals surface area contributed by atoms with Gasteiger partial charge in [0, 0.05) is 60.5 Å². The standard InChI is InChI=1S/C28H25Cl2N3O4S/c29-23-15-22(27(34)24(30)16-23)17-32-11-13-33(14-12-32)28(35)21-8-6-19(7-9-21)18-38(36,37)25-5-1-3-20-4-2-10-31-26(20)25/h1-10,15-16,34H,11-14,17-18H2. The van der Waals surface area contributed by atoms with E-state index in [1.165, 1.54) is 6.07 Å². The van der Waals surface area contributed by atoms with Crippen molar-refractivity contribution in [2.45, 2.75) is 17.2 Å². The molecule has 10 heteroatoms. The van der Waals surface area contributed by atoms with Gasteiger partial charge in [-0.05, 0) is 42.0 Å². The van der Waals surface area contributed by atoms with Crippen LogP contribution in [0, 0.1) is 0 Å². The van der Waals surface area contributed by atoms with Crippen LogP contribution in [0.15, 0.2) is 77.8 Å². The van der Waals surface area contributed by atoms with E-state index in [9.17, 15) is 18.3 Å². The van der Waals surface area contributed by atoms with E-state index in [0.717, 1.165) is 5.39 Å². The summed E-state index contributed by atoms with van der Waals surface area (Å²) in [6.07, 6.45) is 1.58. The van der Waals surface area contributed by atoms with E-state index in [1.807, 2.05) is 12.1 Å². The Balaban J connectivity index is 1.21. The SMILES string of the molecule is O=C(c1ccc(CS(=O)(=O)c2cccc3cccnc23)cc1)N1CCN(Cc2cc(Cl)cc(Cl)c2O)CC1. The fraction of sp³-hybridized carbons (Fsp3) is 0.214. The minimum absolute atomic E-state index is 0.0217. The van der Waals surface area contributed by atoms with Crippen LogP contribution in [0.1, 0.15) is 21.5 Å². The first-order valence-electron chi connectivity index (χ1n) is 12.1. The van der Waals surface area contributed by atoms with Crippen LogP contribution in [0.4, 0.5) is 0 Å². The molecular formula is C28H25Cl2N3O4S. The lowest BCUT2D eigenvalue weighted by Gasteiger charge is -2.35. The largest absolute Gasteiger partial charge is 0.506 e. The number of rotatable bonds is 6. The third-order valence-corrected chi connectivity index (χ3v) is 8.87. The number of halogens is 2. The first-order chi connectivity index (χ1) is 18.2. The van der Waals surface area contributed by atoms with Crippen LogP contribution in [0.2, 0.25) is 10.0 Å².